The molecule has 0 radical (unpaired) electrons. The fourth-order valence-corrected chi connectivity index (χ4v) is 4.02. The molecule has 164 valence electrons. The van der Waals surface area contributed by atoms with Crippen LogP contribution in [0, 0.1) is 6.92 Å². The number of hydrogen-bond donors (Lipinski definition) is 1. The van der Waals surface area contributed by atoms with Crippen LogP contribution in [0.5, 0.6) is 5.75 Å². The van der Waals surface area contributed by atoms with E-state index in [9.17, 15) is 9.59 Å². The van der Waals surface area contributed by atoms with Crippen LogP contribution in [0.15, 0.2) is 66.7 Å². The van der Waals surface area contributed by atoms with Gasteiger partial charge in [0.1, 0.15) is 5.75 Å². The van der Waals surface area contributed by atoms with E-state index in [1.54, 1.807) is 7.11 Å². The molecule has 1 aliphatic rings. The van der Waals surface area contributed by atoms with Crippen molar-refractivity contribution in [3.63, 3.8) is 0 Å². The summed E-state index contributed by atoms with van der Waals surface area (Å²) in [4.78, 5) is 27.2. The summed E-state index contributed by atoms with van der Waals surface area (Å²) in [7, 11) is 1.64. The van der Waals surface area contributed by atoms with Gasteiger partial charge in [0.25, 0.3) is 5.91 Å². The van der Waals surface area contributed by atoms with Crippen LogP contribution in [0.25, 0.3) is 0 Å². The molecule has 0 saturated heterocycles. The normalized spacial score (nSPS) is 12.4. The Labute approximate surface area is 189 Å². The average Bonchev–Trinajstić information content (AvgIpc) is 3.24. The molecule has 1 aliphatic heterocycles. The second kappa shape index (κ2) is 9.69. The molecule has 1 N–H and O–H groups in total. The third kappa shape index (κ3) is 4.99. The van der Waals surface area contributed by atoms with Crippen molar-refractivity contribution >= 4 is 17.5 Å². The summed E-state index contributed by atoms with van der Waals surface area (Å²) in [6.45, 7) is 3.12. The number of anilines is 1. The minimum absolute atomic E-state index is 0.00834. The molecule has 0 saturated carbocycles. The number of aryl methyl sites for hydroxylation is 2. The zero-order valence-electron chi connectivity index (χ0n) is 18.6. The fraction of sp³-hybridized carbons (Fsp3) is 0.259. The molecular weight excluding hydrogens is 400 g/mol. The van der Waals surface area contributed by atoms with Crippen LogP contribution in [0.1, 0.15) is 39.0 Å². The van der Waals surface area contributed by atoms with Gasteiger partial charge in [-0.3, -0.25) is 9.59 Å². The molecule has 5 heteroatoms. The number of hydrogen-bond acceptors (Lipinski definition) is 3. The summed E-state index contributed by atoms with van der Waals surface area (Å²) in [5.74, 6) is 0.840. The highest BCUT2D eigenvalue weighted by atomic mass is 16.5. The number of methoxy groups -OCH3 is 1. The van der Waals surface area contributed by atoms with Crippen molar-refractivity contribution in [3.8, 4) is 5.75 Å². The maximum Gasteiger partial charge on any atom is 0.258 e. The lowest BCUT2D eigenvalue weighted by atomic mass is 10.1. The van der Waals surface area contributed by atoms with E-state index in [1.165, 1.54) is 5.56 Å². The second-order valence-electron chi connectivity index (χ2n) is 8.16. The SMILES string of the molecule is COc1ccc(CCC(=O)NCc2ccc3c(c2)N(C(=O)c2cccc(C)c2)CC3)cc1. The number of ether oxygens (including phenoxy) is 1. The van der Waals surface area contributed by atoms with E-state index in [0.29, 0.717) is 31.5 Å². The molecule has 5 nitrogen and oxygen atoms in total. The molecule has 0 unspecified atom stereocenters. The van der Waals surface area contributed by atoms with Crippen molar-refractivity contribution in [3.05, 3.63) is 94.5 Å². The molecule has 0 fully saturated rings. The first-order valence-electron chi connectivity index (χ1n) is 10.9. The first-order valence-corrected chi connectivity index (χ1v) is 10.9. The first kappa shape index (κ1) is 21.6. The maximum absolute atomic E-state index is 13.0. The van der Waals surface area contributed by atoms with Gasteiger partial charge in [-0.05, 0) is 66.8 Å². The van der Waals surface area contributed by atoms with Gasteiger partial charge in [-0.1, -0.05) is 42.0 Å². The third-order valence-electron chi connectivity index (χ3n) is 5.84. The minimum atomic E-state index is 0.00834. The molecule has 0 aliphatic carbocycles. The number of nitrogens with zero attached hydrogens (tertiary/aromatic N) is 1. The Morgan fingerprint density at radius 1 is 1.00 bits per heavy atom. The summed E-state index contributed by atoms with van der Waals surface area (Å²) in [6.07, 6.45) is 1.95. The van der Waals surface area contributed by atoms with Crippen molar-refractivity contribution in [2.75, 3.05) is 18.6 Å². The number of amides is 2. The Morgan fingerprint density at radius 2 is 1.78 bits per heavy atom. The van der Waals surface area contributed by atoms with E-state index >= 15 is 0 Å². The van der Waals surface area contributed by atoms with E-state index < -0.39 is 0 Å². The zero-order valence-corrected chi connectivity index (χ0v) is 18.6. The van der Waals surface area contributed by atoms with Crippen molar-refractivity contribution in [1.82, 2.24) is 5.32 Å². The molecule has 3 aromatic carbocycles. The lowest BCUT2D eigenvalue weighted by Crippen LogP contribution is -2.29. The van der Waals surface area contributed by atoms with Crippen LogP contribution in [-0.4, -0.2) is 25.5 Å². The molecule has 2 amide bonds. The second-order valence-corrected chi connectivity index (χ2v) is 8.16. The minimum Gasteiger partial charge on any atom is -0.497 e. The van der Waals surface area contributed by atoms with E-state index in [4.69, 9.17) is 4.74 Å². The number of carbonyl (C=O) groups excluding carboxylic acids is 2. The van der Waals surface area contributed by atoms with Crippen LogP contribution in [0.2, 0.25) is 0 Å². The Hall–Kier alpha value is -3.60. The van der Waals surface area contributed by atoms with Crippen LogP contribution in [0.3, 0.4) is 0 Å². The highest BCUT2D eigenvalue weighted by Crippen LogP contribution is 2.30. The largest absolute Gasteiger partial charge is 0.497 e. The quantitative estimate of drug-likeness (QED) is 0.605. The standard InChI is InChI=1S/C27H28N2O3/c1-19-4-3-5-23(16-19)27(31)29-15-14-22-10-6-21(17-25(22)29)18-28-26(30)13-9-20-7-11-24(32-2)12-8-20/h3-8,10-12,16-17H,9,13-15,18H2,1-2H3,(H,28,30). The Morgan fingerprint density at radius 3 is 2.53 bits per heavy atom. The van der Waals surface area contributed by atoms with Crippen molar-refractivity contribution in [2.45, 2.75) is 32.7 Å². The van der Waals surface area contributed by atoms with Crippen LogP contribution < -0.4 is 15.0 Å². The maximum atomic E-state index is 13.0. The van der Waals surface area contributed by atoms with Crippen LogP contribution >= 0.6 is 0 Å². The smallest absolute Gasteiger partial charge is 0.258 e. The summed E-state index contributed by atoms with van der Waals surface area (Å²) >= 11 is 0. The van der Waals surface area contributed by atoms with E-state index in [0.717, 1.165) is 34.5 Å². The number of nitrogens with one attached hydrogen (secondary N) is 1. The van der Waals surface area contributed by atoms with E-state index in [1.807, 2.05) is 72.5 Å². The number of fused-ring (bicyclic) bond motifs is 1. The van der Waals surface area contributed by atoms with Gasteiger partial charge >= 0.3 is 0 Å². The van der Waals surface area contributed by atoms with Crippen molar-refractivity contribution in [2.24, 2.45) is 0 Å². The molecule has 0 bridgehead atoms. The Balaban J connectivity index is 1.36. The van der Waals surface area contributed by atoms with Crippen LogP contribution in [0.4, 0.5) is 5.69 Å². The van der Waals surface area contributed by atoms with Gasteiger partial charge in [-0.25, -0.2) is 0 Å². The number of rotatable bonds is 7. The molecular formula is C27H28N2O3. The Kier molecular flexibility index (Phi) is 6.55. The number of benzene rings is 3. The highest BCUT2D eigenvalue weighted by Gasteiger charge is 2.25. The summed E-state index contributed by atoms with van der Waals surface area (Å²) in [6, 6.07) is 21.6. The van der Waals surface area contributed by atoms with Gasteiger partial charge in [0.15, 0.2) is 0 Å². The van der Waals surface area contributed by atoms with E-state index in [-0.39, 0.29) is 11.8 Å². The summed E-state index contributed by atoms with van der Waals surface area (Å²) in [5.41, 5.74) is 5.98. The lowest BCUT2D eigenvalue weighted by molar-refractivity contribution is -0.121. The van der Waals surface area contributed by atoms with E-state index in [2.05, 4.69) is 11.4 Å². The first-order chi connectivity index (χ1) is 15.5. The van der Waals surface area contributed by atoms with Gasteiger partial charge in [0.05, 0.1) is 7.11 Å². The zero-order chi connectivity index (χ0) is 22.5. The third-order valence-corrected chi connectivity index (χ3v) is 5.84. The monoisotopic (exact) mass is 428 g/mol. The van der Waals surface area contributed by atoms with Gasteiger partial charge in [0, 0.05) is 30.8 Å². The van der Waals surface area contributed by atoms with Crippen molar-refractivity contribution in [1.29, 1.82) is 0 Å². The average molecular weight is 429 g/mol. The molecule has 4 rings (SSSR count). The molecule has 32 heavy (non-hydrogen) atoms. The predicted molar refractivity (Wildman–Crippen MR) is 126 cm³/mol. The molecule has 0 spiro atoms. The topological polar surface area (TPSA) is 58.6 Å². The lowest BCUT2D eigenvalue weighted by Gasteiger charge is -2.18. The van der Waals surface area contributed by atoms with Gasteiger partial charge < -0.3 is 15.0 Å². The van der Waals surface area contributed by atoms with Gasteiger partial charge in [0.2, 0.25) is 5.91 Å². The summed E-state index contributed by atoms with van der Waals surface area (Å²) < 4.78 is 5.16. The predicted octanol–water partition coefficient (Wildman–Crippen LogP) is 4.46. The molecule has 0 atom stereocenters. The molecule has 0 aromatic heterocycles. The van der Waals surface area contributed by atoms with Gasteiger partial charge in [-0.2, -0.15) is 0 Å². The van der Waals surface area contributed by atoms with Crippen molar-refractivity contribution < 1.29 is 14.3 Å². The number of carbonyl (C=O) groups is 2. The molecule has 1 heterocycles. The van der Waals surface area contributed by atoms with Crippen LogP contribution in [-0.2, 0) is 24.2 Å². The van der Waals surface area contributed by atoms with Gasteiger partial charge in [-0.15, -0.1) is 0 Å². The fourth-order valence-electron chi connectivity index (χ4n) is 4.02. The summed E-state index contributed by atoms with van der Waals surface area (Å²) in [5, 5.41) is 3.00. The Bertz CT molecular complexity index is 1120. The highest BCUT2D eigenvalue weighted by molar-refractivity contribution is 6.07. The molecule has 3 aromatic rings.